The van der Waals surface area contributed by atoms with Crippen LogP contribution in [-0.2, 0) is 6.54 Å². The van der Waals surface area contributed by atoms with Crippen LogP contribution in [0.5, 0.6) is 0 Å². The van der Waals surface area contributed by atoms with Gasteiger partial charge in [0.2, 0.25) is 0 Å². The van der Waals surface area contributed by atoms with E-state index in [1.807, 2.05) is 16.9 Å². The van der Waals surface area contributed by atoms with E-state index in [0.717, 1.165) is 18.8 Å². The maximum Gasteiger partial charge on any atom is 0.123 e. The Morgan fingerprint density at radius 1 is 1.27 bits per heavy atom. The average molecular weight is 205 g/mol. The maximum absolute atomic E-state index is 12.6. The van der Waals surface area contributed by atoms with Crippen molar-refractivity contribution >= 4 is 5.69 Å². The third kappa shape index (κ3) is 2.80. The minimum absolute atomic E-state index is 0.215. The molecule has 0 aliphatic heterocycles. The molecule has 3 nitrogen and oxygen atoms in total. The number of aromatic nitrogens is 2. The third-order valence-electron chi connectivity index (χ3n) is 2.07. The second-order valence-corrected chi connectivity index (χ2v) is 3.20. The van der Waals surface area contributed by atoms with E-state index in [1.165, 1.54) is 12.1 Å². The van der Waals surface area contributed by atoms with Gasteiger partial charge in [-0.1, -0.05) is 0 Å². The average Bonchev–Trinajstić information content (AvgIpc) is 2.74. The summed E-state index contributed by atoms with van der Waals surface area (Å²) in [7, 11) is 0. The lowest BCUT2D eigenvalue weighted by Gasteiger charge is -2.05. The highest BCUT2D eigenvalue weighted by molar-refractivity contribution is 5.42. The van der Waals surface area contributed by atoms with Gasteiger partial charge in [-0.05, 0) is 30.3 Å². The van der Waals surface area contributed by atoms with Crippen LogP contribution in [0.2, 0.25) is 0 Å². The summed E-state index contributed by atoms with van der Waals surface area (Å²) in [6, 6.07) is 8.21. The Kier molecular flexibility index (Phi) is 2.97. The normalized spacial score (nSPS) is 10.2. The maximum atomic E-state index is 12.6. The van der Waals surface area contributed by atoms with E-state index in [1.54, 1.807) is 18.3 Å². The van der Waals surface area contributed by atoms with Crippen molar-refractivity contribution in [1.82, 2.24) is 9.78 Å². The quantitative estimate of drug-likeness (QED) is 0.828. The highest BCUT2D eigenvalue weighted by Gasteiger charge is 1.93. The van der Waals surface area contributed by atoms with E-state index in [-0.39, 0.29) is 5.82 Å². The summed E-state index contributed by atoms with van der Waals surface area (Å²) >= 11 is 0. The molecule has 0 saturated heterocycles. The van der Waals surface area contributed by atoms with Crippen LogP contribution < -0.4 is 5.32 Å². The third-order valence-corrected chi connectivity index (χ3v) is 2.07. The molecule has 1 N–H and O–H groups in total. The van der Waals surface area contributed by atoms with Gasteiger partial charge >= 0.3 is 0 Å². The van der Waals surface area contributed by atoms with Crippen LogP contribution in [0.4, 0.5) is 10.1 Å². The van der Waals surface area contributed by atoms with Crippen LogP contribution in [-0.4, -0.2) is 16.3 Å². The molecular weight excluding hydrogens is 193 g/mol. The molecule has 15 heavy (non-hydrogen) atoms. The highest BCUT2D eigenvalue weighted by atomic mass is 19.1. The fourth-order valence-electron chi connectivity index (χ4n) is 1.32. The Labute approximate surface area is 87.5 Å². The second kappa shape index (κ2) is 4.59. The number of nitrogens with zero attached hydrogens (tertiary/aromatic N) is 2. The summed E-state index contributed by atoms with van der Waals surface area (Å²) in [5, 5.41) is 7.26. The molecule has 0 aliphatic carbocycles. The Morgan fingerprint density at radius 3 is 2.73 bits per heavy atom. The first kappa shape index (κ1) is 9.71. The van der Waals surface area contributed by atoms with Crippen LogP contribution in [0.15, 0.2) is 42.7 Å². The van der Waals surface area contributed by atoms with Crippen molar-refractivity contribution in [3.63, 3.8) is 0 Å². The first-order chi connectivity index (χ1) is 7.34. The van der Waals surface area contributed by atoms with Crippen LogP contribution in [0, 0.1) is 5.82 Å². The van der Waals surface area contributed by atoms with Gasteiger partial charge in [0.05, 0.1) is 6.54 Å². The number of rotatable bonds is 4. The van der Waals surface area contributed by atoms with Crippen LogP contribution >= 0.6 is 0 Å². The molecule has 1 heterocycles. The smallest absolute Gasteiger partial charge is 0.123 e. The van der Waals surface area contributed by atoms with Crippen LogP contribution in [0.3, 0.4) is 0 Å². The summed E-state index contributed by atoms with van der Waals surface area (Å²) < 4.78 is 14.4. The van der Waals surface area contributed by atoms with Gasteiger partial charge in [0, 0.05) is 24.6 Å². The minimum Gasteiger partial charge on any atom is -0.383 e. The Hall–Kier alpha value is -1.84. The second-order valence-electron chi connectivity index (χ2n) is 3.20. The molecule has 78 valence electrons. The Bertz CT molecular complexity index is 394. The van der Waals surface area contributed by atoms with E-state index >= 15 is 0 Å². The van der Waals surface area contributed by atoms with Gasteiger partial charge in [-0.2, -0.15) is 5.10 Å². The molecule has 0 atom stereocenters. The molecule has 0 saturated carbocycles. The van der Waals surface area contributed by atoms with Crippen LogP contribution in [0.25, 0.3) is 0 Å². The lowest BCUT2D eigenvalue weighted by molar-refractivity contribution is 0.627. The zero-order chi connectivity index (χ0) is 10.5. The molecule has 2 aromatic rings. The number of nitrogens with one attached hydrogen (secondary N) is 1. The molecule has 0 aliphatic rings. The predicted octanol–water partition coefficient (Wildman–Crippen LogP) is 2.13. The van der Waals surface area contributed by atoms with Crippen molar-refractivity contribution < 1.29 is 4.39 Å². The van der Waals surface area contributed by atoms with E-state index in [9.17, 15) is 4.39 Å². The summed E-state index contributed by atoms with van der Waals surface area (Å²) in [5.41, 5.74) is 0.920. The van der Waals surface area contributed by atoms with E-state index in [4.69, 9.17) is 0 Å². The molecule has 0 unspecified atom stereocenters. The minimum atomic E-state index is -0.215. The number of hydrogen-bond donors (Lipinski definition) is 1. The Balaban J connectivity index is 1.81. The molecule has 1 aromatic carbocycles. The monoisotopic (exact) mass is 205 g/mol. The largest absolute Gasteiger partial charge is 0.383 e. The zero-order valence-corrected chi connectivity index (χ0v) is 8.23. The van der Waals surface area contributed by atoms with E-state index in [0.29, 0.717) is 0 Å². The van der Waals surface area contributed by atoms with Crippen molar-refractivity contribution in [2.45, 2.75) is 6.54 Å². The first-order valence-corrected chi connectivity index (χ1v) is 4.81. The molecule has 4 heteroatoms. The SMILES string of the molecule is Fc1ccc(NCCn2cccn2)cc1. The lowest BCUT2D eigenvalue weighted by Crippen LogP contribution is -2.10. The first-order valence-electron chi connectivity index (χ1n) is 4.81. The number of halogens is 1. The fraction of sp³-hybridized carbons (Fsp3) is 0.182. The lowest BCUT2D eigenvalue weighted by atomic mass is 10.3. The summed E-state index contributed by atoms with van der Waals surface area (Å²) in [6.45, 7) is 1.57. The number of benzene rings is 1. The molecule has 1 aromatic heterocycles. The van der Waals surface area contributed by atoms with Gasteiger partial charge in [-0.25, -0.2) is 4.39 Å². The Morgan fingerprint density at radius 2 is 2.07 bits per heavy atom. The highest BCUT2D eigenvalue weighted by Crippen LogP contribution is 2.07. The van der Waals surface area contributed by atoms with Gasteiger partial charge in [0.1, 0.15) is 5.82 Å². The topological polar surface area (TPSA) is 29.9 Å². The van der Waals surface area contributed by atoms with Crippen molar-refractivity contribution in [3.05, 3.63) is 48.5 Å². The van der Waals surface area contributed by atoms with Gasteiger partial charge in [-0.15, -0.1) is 0 Å². The fourth-order valence-corrected chi connectivity index (χ4v) is 1.32. The summed E-state index contributed by atoms with van der Waals surface area (Å²) in [4.78, 5) is 0. The molecule has 0 amide bonds. The van der Waals surface area contributed by atoms with Gasteiger partial charge < -0.3 is 5.32 Å². The predicted molar refractivity (Wildman–Crippen MR) is 57.1 cm³/mol. The number of hydrogen-bond acceptors (Lipinski definition) is 2. The molecule has 0 radical (unpaired) electrons. The van der Waals surface area contributed by atoms with E-state index in [2.05, 4.69) is 10.4 Å². The van der Waals surface area contributed by atoms with Gasteiger partial charge in [0.25, 0.3) is 0 Å². The van der Waals surface area contributed by atoms with Crippen molar-refractivity contribution in [1.29, 1.82) is 0 Å². The zero-order valence-electron chi connectivity index (χ0n) is 8.23. The summed E-state index contributed by atoms with van der Waals surface area (Å²) in [6.07, 6.45) is 3.66. The number of anilines is 1. The molecule has 0 fully saturated rings. The van der Waals surface area contributed by atoms with Crippen molar-refractivity contribution in [2.24, 2.45) is 0 Å². The van der Waals surface area contributed by atoms with Gasteiger partial charge in [-0.3, -0.25) is 4.68 Å². The summed E-state index contributed by atoms with van der Waals surface area (Å²) in [5.74, 6) is -0.215. The van der Waals surface area contributed by atoms with Crippen molar-refractivity contribution in [2.75, 3.05) is 11.9 Å². The van der Waals surface area contributed by atoms with Crippen molar-refractivity contribution in [3.8, 4) is 0 Å². The van der Waals surface area contributed by atoms with E-state index < -0.39 is 0 Å². The molecular formula is C11H12FN3. The molecule has 2 rings (SSSR count). The molecule has 0 bridgehead atoms. The molecule has 0 spiro atoms. The van der Waals surface area contributed by atoms with Gasteiger partial charge in [0.15, 0.2) is 0 Å². The van der Waals surface area contributed by atoms with Crippen LogP contribution in [0.1, 0.15) is 0 Å². The standard InChI is InChI=1S/C11H12FN3/c12-10-2-4-11(5-3-10)13-7-9-15-8-1-6-14-15/h1-6,8,13H,7,9H2.